The van der Waals surface area contributed by atoms with Crippen LogP contribution in [0.5, 0.6) is 0 Å². The molecule has 0 aliphatic heterocycles. The van der Waals surface area contributed by atoms with E-state index in [1.54, 1.807) is 19.3 Å². The minimum absolute atomic E-state index is 0.178. The Kier molecular flexibility index (Phi) is 3.54. The first-order chi connectivity index (χ1) is 8.85. The normalized spacial score (nSPS) is 11.7. The Morgan fingerprint density at radius 3 is 2.79 bits per heavy atom. The van der Waals surface area contributed by atoms with Crippen LogP contribution in [0.25, 0.3) is 11.3 Å². The van der Waals surface area contributed by atoms with Gasteiger partial charge in [-0.1, -0.05) is 5.16 Å². The molecule has 2 aromatic rings. The zero-order valence-corrected chi connectivity index (χ0v) is 11.2. The van der Waals surface area contributed by atoms with Gasteiger partial charge in [-0.2, -0.15) is 8.42 Å². The molecule has 2 aromatic heterocycles. The molecule has 0 aliphatic carbocycles. The highest BCUT2D eigenvalue weighted by Gasteiger charge is 2.10. The van der Waals surface area contributed by atoms with Crippen molar-refractivity contribution < 1.29 is 17.1 Å². The van der Waals surface area contributed by atoms with Crippen LogP contribution >= 0.6 is 0 Å². The van der Waals surface area contributed by atoms with Gasteiger partial charge >= 0.3 is 0 Å². The van der Waals surface area contributed by atoms with Gasteiger partial charge in [0.05, 0.1) is 6.26 Å². The Labute approximate surface area is 109 Å². The summed E-state index contributed by atoms with van der Waals surface area (Å²) in [5.74, 6) is 0.379. The number of pyridine rings is 1. The lowest BCUT2D eigenvalue weighted by Crippen LogP contribution is -2.13. The lowest BCUT2D eigenvalue weighted by atomic mass is 10.2. The van der Waals surface area contributed by atoms with Crippen molar-refractivity contribution in [3.63, 3.8) is 0 Å². The lowest BCUT2D eigenvalue weighted by molar-refractivity contribution is 0.296. The summed E-state index contributed by atoms with van der Waals surface area (Å²) in [5, 5.41) is 3.67. The third-order valence-electron chi connectivity index (χ3n) is 2.37. The summed E-state index contributed by atoms with van der Waals surface area (Å²) >= 11 is 0. The molecule has 2 heterocycles. The Hall–Kier alpha value is -1.93. The highest BCUT2D eigenvalue weighted by Crippen LogP contribution is 2.18. The van der Waals surface area contributed by atoms with E-state index in [-0.39, 0.29) is 12.2 Å². The first-order valence-electron chi connectivity index (χ1n) is 5.32. The van der Waals surface area contributed by atoms with Gasteiger partial charge in [-0.15, -0.1) is 0 Å². The average Bonchev–Trinajstić information content (AvgIpc) is 2.78. The van der Waals surface area contributed by atoms with Crippen LogP contribution in [0, 0.1) is 0 Å². The van der Waals surface area contributed by atoms with Gasteiger partial charge < -0.3 is 9.09 Å². The molecule has 0 fully saturated rings. The van der Waals surface area contributed by atoms with Crippen molar-refractivity contribution in [2.75, 3.05) is 6.26 Å². The predicted molar refractivity (Wildman–Crippen MR) is 66.8 cm³/mol. The lowest BCUT2D eigenvalue weighted by Gasteiger charge is -1.97. The Balaban J connectivity index is 2.21. The molecular weight excluding hydrogens is 272 g/mol. The number of nitrogens with zero attached hydrogens (tertiary/aromatic N) is 2. The van der Waals surface area contributed by atoms with E-state index in [0.29, 0.717) is 17.0 Å². The summed E-state index contributed by atoms with van der Waals surface area (Å²) in [4.78, 5) is 11.5. The van der Waals surface area contributed by atoms with Crippen LogP contribution in [0.3, 0.4) is 0 Å². The van der Waals surface area contributed by atoms with E-state index in [2.05, 4.69) is 9.34 Å². The van der Waals surface area contributed by atoms with Gasteiger partial charge in [0.25, 0.3) is 15.7 Å². The minimum Gasteiger partial charge on any atom is -0.356 e. The number of aromatic nitrogens is 2. The van der Waals surface area contributed by atoms with Crippen molar-refractivity contribution >= 4 is 10.1 Å². The second-order valence-corrected chi connectivity index (χ2v) is 5.66. The number of rotatable bonds is 4. The van der Waals surface area contributed by atoms with Gasteiger partial charge in [-0.25, -0.2) is 0 Å². The maximum Gasteiger partial charge on any atom is 0.264 e. The topological polar surface area (TPSA) is 91.4 Å². The van der Waals surface area contributed by atoms with Gasteiger partial charge in [0.2, 0.25) is 0 Å². The standard InChI is InChI=1S/C11H12N2O5S/c1-13-4-3-8(5-11(13)14)10-6-9(12-18-10)7-17-19(2,15)16/h3-6H,7H2,1-2H3. The van der Waals surface area contributed by atoms with E-state index in [4.69, 9.17) is 4.52 Å². The molecule has 0 saturated heterocycles. The zero-order chi connectivity index (χ0) is 14.0. The minimum atomic E-state index is -3.53. The monoisotopic (exact) mass is 284 g/mol. The smallest absolute Gasteiger partial charge is 0.264 e. The summed E-state index contributed by atoms with van der Waals surface area (Å²) in [6.07, 6.45) is 2.56. The first-order valence-corrected chi connectivity index (χ1v) is 7.14. The molecule has 0 bridgehead atoms. The van der Waals surface area contributed by atoms with Crippen LogP contribution in [0.4, 0.5) is 0 Å². The quantitative estimate of drug-likeness (QED) is 0.760. The Bertz CT molecular complexity index is 744. The first kappa shape index (κ1) is 13.5. The summed E-state index contributed by atoms with van der Waals surface area (Å²) in [7, 11) is -1.89. The van der Waals surface area contributed by atoms with Crippen LogP contribution in [0.2, 0.25) is 0 Å². The second kappa shape index (κ2) is 4.98. The average molecular weight is 284 g/mol. The Morgan fingerprint density at radius 2 is 2.16 bits per heavy atom. The van der Waals surface area contributed by atoms with Crippen LogP contribution in [-0.2, 0) is 28.0 Å². The van der Waals surface area contributed by atoms with Crippen LogP contribution in [0.15, 0.2) is 33.7 Å². The number of hydrogen-bond acceptors (Lipinski definition) is 6. The molecule has 0 spiro atoms. The summed E-state index contributed by atoms with van der Waals surface area (Å²) in [6, 6.07) is 4.63. The van der Waals surface area contributed by atoms with E-state index in [1.807, 2.05) is 0 Å². The molecule has 102 valence electrons. The van der Waals surface area contributed by atoms with Crippen LogP contribution < -0.4 is 5.56 Å². The molecule has 19 heavy (non-hydrogen) atoms. The van der Waals surface area contributed by atoms with Gasteiger partial charge in [-0.3, -0.25) is 8.98 Å². The summed E-state index contributed by atoms with van der Waals surface area (Å²) < 4.78 is 32.7. The molecular formula is C11H12N2O5S. The van der Waals surface area contributed by atoms with E-state index >= 15 is 0 Å². The highest BCUT2D eigenvalue weighted by molar-refractivity contribution is 7.85. The van der Waals surface area contributed by atoms with Crippen LogP contribution in [-0.4, -0.2) is 24.4 Å². The van der Waals surface area contributed by atoms with Gasteiger partial charge in [0, 0.05) is 30.9 Å². The molecule has 0 atom stereocenters. The van der Waals surface area contributed by atoms with E-state index < -0.39 is 10.1 Å². The van der Waals surface area contributed by atoms with Crippen molar-refractivity contribution in [2.24, 2.45) is 7.05 Å². The summed E-state index contributed by atoms with van der Waals surface area (Å²) in [6.45, 7) is -0.201. The fourth-order valence-electron chi connectivity index (χ4n) is 1.39. The Morgan fingerprint density at radius 1 is 1.42 bits per heavy atom. The highest BCUT2D eigenvalue weighted by atomic mass is 32.2. The second-order valence-electron chi connectivity index (χ2n) is 4.01. The van der Waals surface area contributed by atoms with Crippen molar-refractivity contribution in [1.82, 2.24) is 9.72 Å². The van der Waals surface area contributed by atoms with Gasteiger partial charge in [-0.05, 0) is 6.07 Å². The number of aryl methyl sites for hydroxylation is 1. The molecule has 2 rings (SSSR count). The van der Waals surface area contributed by atoms with Crippen LogP contribution in [0.1, 0.15) is 5.69 Å². The van der Waals surface area contributed by atoms with Gasteiger partial charge in [0.15, 0.2) is 5.76 Å². The molecule has 0 amide bonds. The number of hydrogen-bond donors (Lipinski definition) is 0. The maximum atomic E-state index is 11.5. The molecule has 0 aromatic carbocycles. The third kappa shape index (κ3) is 3.52. The van der Waals surface area contributed by atoms with E-state index in [0.717, 1.165) is 6.26 Å². The van der Waals surface area contributed by atoms with Crippen molar-refractivity contribution in [3.05, 3.63) is 40.4 Å². The van der Waals surface area contributed by atoms with Crippen molar-refractivity contribution in [1.29, 1.82) is 0 Å². The molecule has 7 nitrogen and oxygen atoms in total. The van der Waals surface area contributed by atoms with Crippen molar-refractivity contribution in [3.8, 4) is 11.3 Å². The fourth-order valence-corrected chi connectivity index (χ4v) is 1.72. The SMILES string of the molecule is Cn1ccc(-c2cc(COS(C)(=O)=O)no2)cc1=O. The molecule has 0 saturated carbocycles. The predicted octanol–water partition coefficient (Wildman–Crippen LogP) is 0.516. The molecule has 0 radical (unpaired) electrons. The molecule has 8 heteroatoms. The molecule has 0 unspecified atom stereocenters. The largest absolute Gasteiger partial charge is 0.356 e. The third-order valence-corrected chi connectivity index (χ3v) is 2.91. The van der Waals surface area contributed by atoms with Gasteiger partial charge in [0.1, 0.15) is 12.3 Å². The zero-order valence-electron chi connectivity index (χ0n) is 10.4. The van der Waals surface area contributed by atoms with E-state index in [9.17, 15) is 13.2 Å². The molecule has 0 N–H and O–H groups in total. The fraction of sp³-hybridized carbons (Fsp3) is 0.273. The van der Waals surface area contributed by atoms with E-state index in [1.165, 1.54) is 16.7 Å². The molecule has 0 aliphatic rings. The summed E-state index contributed by atoms with van der Waals surface area (Å²) in [5.41, 5.74) is 0.727. The maximum absolute atomic E-state index is 11.5. The van der Waals surface area contributed by atoms with Crippen molar-refractivity contribution in [2.45, 2.75) is 6.61 Å².